The number of aryl methyl sites for hydroxylation is 1. The molecule has 1 aliphatic rings. The van der Waals surface area contributed by atoms with Crippen LogP contribution in [-0.4, -0.2) is 29.6 Å². The fourth-order valence-electron chi connectivity index (χ4n) is 3.98. The van der Waals surface area contributed by atoms with Gasteiger partial charge in [-0.2, -0.15) is 4.98 Å². The second-order valence-electron chi connectivity index (χ2n) is 8.13. The van der Waals surface area contributed by atoms with Gasteiger partial charge in [0, 0.05) is 30.9 Å². The second-order valence-corrected chi connectivity index (χ2v) is 8.13. The molecule has 2 rings (SSSR count). The van der Waals surface area contributed by atoms with E-state index in [1.54, 1.807) is 0 Å². The second kappa shape index (κ2) is 13.0. The first kappa shape index (κ1) is 22.0. The zero-order valence-corrected chi connectivity index (χ0v) is 18.2. The third-order valence-electron chi connectivity index (χ3n) is 5.69. The topological polar surface area (TPSA) is 41.1 Å². The summed E-state index contributed by atoms with van der Waals surface area (Å²) in [5.41, 5.74) is 2.56. The number of unbranched alkanes of at least 4 members (excludes halogenated alkanes) is 8. The standard InChI is InChI=1S/C23H42N4/c1-4-6-8-10-11-13-17-24-23-25-20(3)21(16-12-9-7-5-2)22(26-23)27-18-14-15-19-27/h4-19H2,1-3H3,(H,24,25,26). The molecule has 1 saturated heterocycles. The Morgan fingerprint density at radius 2 is 1.44 bits per heavy atom. The maximum Gasteiger partial charge on any atom is 0.224 e. The summed E-state index contributed by atoms with van der Waals surface area (Å²) < 4.78 is 0. The van der Waals surface area contributed by atoms with Crippen molar-refractivity contribution in [2.75, 3.05) is 29.9 Å². The number of hydrogen-bond acceptors (Lipinski definition) is 4. The van der Waals surface area contributed by atoms with Crippen molar-refractivity contribution < 1.29 is 0 Å². The van der Waals surface area contributed by atoms with E-state index in [4.69, 9.17) is 9.97 Å². The van der Waals surface area contributed by atoms with Gasteiger partial charge in [0.05, 0.1) is 0 Å². The Labute approximate surface area is 167 Å². The van der Waals surface area contributed by atoms with Crippen molar-refractivity contribution in [2.24, 2.45) is 0 Å². The molecule has 1 N–H and O–H groups in total. The van der Waals surface area contributed by atoms with Gasteiger partial charge < -0.3 is 10.2 Å². The fraction of sp³-hybridized carbons (Fsp3) is 0.826. The number of nitrogens with zero attached hydrogens (tertiary/aromatic N) is 3. The fourth-order valence-corrected chi connectivity index (χ4v) is 3.98. The van der Waals surface area contributed by atoms with Crippen LogP contribution in [0.1, 0.15) is 102 Å². The molecule has 27 heavy (non-hydrogen) atoms. The molecule has 0 aliphatic carbocycles. The van der Waals surface area contributed by atoms with E-state index in [0.29, 0.717) is 0 Å². The molecule has 4 nitrogen and oxygen atoms in total. The van der Waals surface area contributed by atoms with Crippen molar-refractivity contribution in [3.05, 3.63) is 11.3 Å². The van der Waals surface area contributed by atoms with E-state index >= 15 is 0 Å². The van der Waals surface area contributed by atoms with Gasteiger partial charge in [-0.25, -0.2) is 4.98 Å². The number of rotatable bonds is 14. The molecule has 4 heteroatoms. The predicted molar refractivity (Wildman–Crippen MR) is 118 cm³/mol. The van der Waals surface area contributed by atoms with E-state index in [0.717, 1.165) is 32.0 Å². The van der Waals surface area contributed by atoms with Crippen molar-refractivity contribution in [3.8, 4) is 0 Å². The molecule has 0 spiro atoms. The molecule has 2 heterocycles. The first-order valence-electron chi connectivity index (χ1n) is 11.6. The number of hydrogen-bond donors (Lipinski definition) is 1. The van der Waals surface area contributed by atoms with E-state index in [1.165, 1.54) is 94.1 Å². The molecular formula is C23H42N4. The van der Waals surface area contributed by atoms with Crippen LogP contribution in [0, 0.1) is 6.92 Å². The first-order chi connectivity index (χ1) is 13.3. The van der Waals surface area contributed by atoms with Gasteiger partial charge >= 0.3 is 0 Å². The lowest BCUT2D eigenvalue weighted by Gasteiger charge is -2.22. The summed E-state index contributed by atoms with van der Waals surface area (Å²) in [6.45, 7) is 10.00. The first-order valence-corrected chi connectivity index (χ1v) is 11.6. The molecule has 0 saturated carbocycles. The van der Waals surface area contributed by atoms with Gasteiger partial charge in [0.15, 0.2) is 0 Å². The monoisotopic (exact) mass is 374 g/mol. The lowest BCUT2D eigenvalue weighted by Crippen LogP contribution is -2.23. The van der Waals surface area contributed by atoms with E-state index < -0.39 is 0 Å². The Bertz CT molecular complexity index is 523. The lowest BCUT2D eigenvalue weighted by atomic mass is 10.1. The van der Waals surface area contributed by atoms with Crippen LogP contribution in [0.15, 0.2) is 0 Å². The summed E-state index contributed by atoms with van der Waals surface area (Å²) in [5, 5.41) is 3.49. The van der Waals surface area contributed by atoms with Crippen LogP contribution in [0.4, 0.5) is 11.8 Å². The van der Waals surface area contributed by atoms with Crippen LogP contribution in [0.25, 0.3) is 0 Å². The van der Waals surface area contributed by atoms with Crippen LogP contribution in [0.5, 0.6) is 0 Å². The normalized spacial score (nSPS) is 14.1. The Morgan fingerprint density at radius 1 is 0.815 bits per heavy atom. The highest BCUT2D eigenvalue weighted by molar-refractivity contribution is 5.53. The Kier molecular flexibility index (Phi) is 10.5. The minimum Gasteiger partial charge on any atom is -0.356 e. The quantitative estimate of drug-likeness (QED) is 0.389. The summed E-state index contributed by atoms with van der Waals surface area (Å²) in [6, 6.07) is 0. The van der Waals surface area contributed by atoms with Crippen LogP contribution in [0.2, 0.25) is 0 Å². The molecular weight excluding hydrogens is 332 g/mol. The summed E-state index contributed by atoms with van der Waals surface area (Å²) in [4.78, 5) is 12.3. The third kappa shape index (κ3) is 7.67. The molecule has 0 atom stereocenters. The molecule has 154 valence electrons. The third-order valence-corrected chi connectivity index (χ3v) is 5.69. The van der Waals surface area contributed by atoms with Crippen molar-refractivity contribution in [3.63, 3.8) is 0 Å². The lowest BCUT2D eigenvalue weighted by molar-refractivity contribution is 0.616. The highest BCUT2D eigenvalue weighted by Crippen LogP contribution is 2.27. The SMILES string of the molecule is CCCCCCCCNc1nc(C)c(CCCCCC)c(N2CCCC2)n1. The zero-order valence-electron chi connectivity index (χ0n) is 18.2. The largest absolute Gasteiger partial charge is 0.356 e. The number of aromatic nitrogens is 2. The predicted octanol–water partition coefficient (Wildman–Crippen LogP) is 6.28. The maximum atomic E-state index is 4.97. The molecule has 0 unspecified atom stereocenters. The van der Waals surface area contributed by atoms with Gasteiger partial charge in [-0.05, 0) is 39.0 Å². The van der Waals surface area contributed by atoms with Crippen molar-refractivity contribution in [2.45, 2.75) is 104 Å². The van der Waals surface area contributed by atoms with Crippen molar-refractivity contribution >= 4 is 11.8 Å². The van der Waals surface area contributed by atoms with Crippen LogP contribution < -0.4 is 10.2 Å². The van der Waals surface area contributed by atoms with Gasteiger partial charge in [-0.3, -0.25) is 0 Å². The minimum absolute atomic E-state index is 0.834. The number of anilines is 2. The molecule has 0 aromatic carbocycles. The van der Waals surface area contributed by atoms with Gasteiger partial charge in [0.1, 0.15) is 5.82 Å². The molecule has 0 bridgehead atoms. The van der Waals surface area contributed by atoms with Crippen LogP contribution >= 0.6 is 0 Å². The van der Waals surface area contributed by atoms with E-state index in [-0.39, 0.29) is 0 Å². The smallest absolute Gasteiger partial charge is 0.224 e. The van der Waals surface area contributed by atoms with Crippen molar-refractivity contribution in [1.82, 2.24) is 9.97 Å². The average Bonchev–Trinajstić information content (AvgIpc) is 3.20. The molecule has 1 aromatic heterocycles. The van der Waals surface area contributed by atoms with Gasteiger partial charge in [-0.1, -0.05) is 65.2 Å². The van der Waals surface area contributed by atoms with Gasteiger partial charge in [0.2, 0.25) is 5.95 Å². The molecule has 1 fully saturated rings. The van der Waals surface area contributed by atoms with Gasteiger partial charge in [0.25, 0.3) is 0 Å². The van der Waals surface area contributed by atoms with Crippen LogP contribution in [0.3, 0.4) is 0 Å². The van der Waals surface area contributed by atoms with E-state index in [1.807, 2.05) is 0 Å². The number of nitrogens with one attached hydrogen (secondary N) is 1. The minimum atomic E-state index is 0.834. The van der Waals surface area contributed by atoms with Gasteiger partial charge in [-0.15, -0.1) is 0 Å². The Balaban J connectivity index is 1.93. The summed E-state index contributed by atoms with van der Waals surface area (Å²) in [5.74, 6) is 2.04. The van der Waals surface area contributed by atoms with Crippen LogP contribution in [-0.2, 0) is 6.42 Å². The Hall–Kier alpha value is -1.32. The molecule has 1 aromatic rings. The highest BCUT2D eigenvalue weighted by Gasteiger charge is 2.20. The molecule has 0 amide bonds. The summed E-state index contributed by atoms with van der Waals surface area (Å²) in [6.07, 6.45) is 16.8. The zero-order chi connectivity index (χ0) is 19.3. The summed E-state index contributed by atoms with van der Waals surface area (Å²) in [7, 11) is 0. The highest BCUT2D eigenvalue weighted by atomic mass is 15.2. The molecule has 0 radical (unpaired) electrons. The molecule has 1 aliphatic heterocycles. The average molecular weight is 375 g/mol. The summed E-state index contributed by atoms with van der Waals surface area (Å²) >= 11 is 0. The van der Waals surface area contributed by atoms with Crippen molar-refractivity contribution in [1.29, 1.82) is 0 Å². The Morgan fingerprint density at radius 3 is 2.15 bits per heavy atom. The van der Waals surface area contributed by atoms with E-state index in [9.17, 15) is 0 Å². The maximum absolute atomic E-state index is 4.97. The van der Waals surface area contributed by atoms with E-state index in [2.05, 4.69) is 31.0 Å².